The third-order valence-electron chi connectivity index (χ3n) is 6.41. The number of phenols is 2. The summed E-state index contributed by atoms with van der Waals surface area (Å²) in [4.78, 5) is 0. The first-order valence-electron chi connectivity index (χ1n) is 12.1. The van der Waals surface area contributed by atoms with Gasteiger partial charge in [0.25, 0.3) is 0 Å². The summed E-state index contributed by atoms with van der Waals surface area (Å²) in [6, 6.07) is 3.37. The average molecular weight is 405 g/mol. The fourth-order valence-electron chi connectivity index (χ4n) is 3.97. The first-order chi connectivity index (χ1) is 13.5. The predicted octanol–water partition coefficient (Wildman–Crippen LogP) is 8.57. The van der Waals surface area contributed by atoms with E-state index in [0.717, 1.165) is 36.8 Å². The molecule has 1 rings (SSSR count). The molecule has 1 aromatic carbocycles. The van der Waals surface area contributed by atoms with Crippen LogP contribution in [0.2, 0.25) is 0 Å². The average Bonchev–Trinajstić information content (AvgIpc) is 2.61. The van der Waals surface area contributed by atoms with Crippen molar-refractivity contribution in [3.05, 3.63) is 23.3 Å². The second kappa shape index (κ2) is 12.5. The highest BCUT2D eigenvalue weighted by molar-refractivity contribution is 5.45. The van der Waals surface area contributed by atoms with Gasteiger partial charge in [-0.05, 0) is 66.5 Å². The summed E-state index contributed by atoms with van der Waals surface area (Å²) in [6.45, 7) is 13.9. The highest BCUT2D eigenvalue weighted by atomic mass is 16.3. The molecule has 0 fully saturated rings. The van der Waals surface area contributed by atoms with E-state index in [9.17, 15) is 10.2 Å². The van der Waals surface area contributed by atoms with Crippen molar-refractivity contribution in [3.8, 4) is 11.5 Å². The van der Waals surface area contributed by atoms with E-state index in [2.05, 4.69) is 41.5 Å². The van der Waals surface area contributed by atoms with Gasteiger partial charge in [0.2, 0.25) is 0 Å². The van der Waals surface area contributed by atoms with Gasteiger partial charge in [0.15, 0.2) is 0 Å². The van der Waals surface area contributed by atoms with E-state index < -0.39 is 0 Å². The van der Waals surface area contributed by atoms with Crippen LogP contribution in [0.25, 0.3) is 0 Å². The van der Waals surface area contributed by atoms with Gasteiger partial charge in [-0.3, -0.25) is 0 Å². The molecule has 0 aliphatic heterocycles. The summed E-state index contributed by atoms with van der Waals surface area (Å²) >= 11 is 0. The predicted molar refractivity (Wildman–Crippen MR) is 127 cm³/mol. The van der Waals surface area contributed by atoms with E-state index in [1.165, 1.54) is 63.9 Å². The molecular weight excluding hydrogens is 356 g/mol. The minimum absolute atomic E-state index is 0.191. The zero-order chi connectivity index (χ0) is 21.9. The number of aromatic hydroxyl groups is 2. The van der Waals surface area contributed by atoms with Crippen molar-refractivity contribution in [2.75, 3.05) is 0 Å². The van der Waals surface area contributed by atoms with E-state index in [1.807, 2.05) is 6.07 Å². The molecular formula is C27H48O2. The molecule has 29 heavy (non-hydrogen) atoms. The Morgan fingerprint density at radius 1 is 0.690 bits per heavy atom. The fraction of sp³-hybridized carbons (Fsp3) is 0.778. The Hall–Kier alpha value is -1.18. The second-order valence-electron chi connectivity index (χ2n) is 11.0. The minimum Gasteiger partial charge on any atom is -0.508 e. The van der Waals surface area contributed by atoms with Crippen molar-refractivity contribution in [2.45, 2.75) is 125 Å². The lowest BCUT2D eigenvalue weighted by Gasteiger charge is -2.22. The molecule has 0 atom stereocenters. The van der Waals surface area contributed by atoms with Gasteiger partial charge in [0.05, 0.1) is 0 Å². The first-order valence-corrected chi connectivity index (χ1v) is 12.1. The molecule has 0 heterocycles. The molecule has 2 nitrogen and oxygen atoms in total. The number of aryl methyl sites for hydroxylation is 1. The number of unbranched alkanes of at least 4 members (excludes halogenated alkanes) is 6. The molecule has 0 unspecified atom stereocenters. The molecule has 0 aliphatic carbocycles. The van der Waals surface area contributed by atoms with Gasteiger partial charge in [-0.25, -0.2) is 0 Å². The topological polar surface area (TPSA) is 40.5 Å². The Kier molecular flexibility index (Phi) is 11.1. The van der Waals surface area contributed by atoms with Crippen LogP contribution in [0.1, 0.15) is 123 Å². The Morgan fingerprint density at radius 2 is 1.24 bits per heavy atom. The Balaban J connectivity index is 2.42. The molecule has 0 aliphatic rings. The largest absolute Gasteiger partial charge is 0.508 e. The zero-order valence-corrected chi connectivity index (χ0v) is 20.2. The number of hydrogen-bond donors (Lipinski definition) is 2. The second-order valence-corrected chi connectivity index (χ2v) is 11.0. The molecule has 2 N–H and O–H groups in total. The molecule has 168 valence electrons. The van der Waals surface area contributed by atoms with Crippen LogP contribution in [0.15, 0.2) is 12.1 Å². The lowest BCUT2D eigenvalue weighted by molar-refractivity contribution is 0.307. The van der Waals surface area contributed by atoms with Crippen LogP contribution in [0, 0.1) is 10.8 Å². The van der Waals surface area contributed by atoms with Gasteiger partial charge in [0.1, 0.15) is 11.5 Å². The number of phenolic OH excluding ortho intramolecular Hbond substituents is 2. The number of hydrogen-bond acceptors (Lipinski definition) is 2. The first kappa shape index (κ1) is 25.9. The maximum atomic E-state index is 10.4. The van der Waals surface area contributed by atoms with Crippen LogP contribution in [0.3, 0.4) is 0 Å². The van der Waals surface area contributed by atoms with E-state index in [-0.39, 0.29) is 11.5 Å². The van der Waals surface area contributed by atoms with E-state index >= 15 is 0 Å². The molecule has 0 radical (unpaired) electrons. The lowest BCUT2D eigenvalue weighted by Crippen LogP contribution is -2.08. The van der Waals surface area contributed by atoms with Crippen LogP contribution in [-0.4, -0.2) is 10.2 Å². The van der Waals surface area contributed by atoms with Gasteiger partial charge in [-0.2, -0.15) is 0 Å². The summed E-state index contributed by atoms with van der Waals surface area (Å²) in [7, 11) is 0. The van der Waals surface area contributed by atoms with Crippen LogP contribution in [-0.2, 0) is 12.8 Å². The fourth-order valence-corrected chi connectivity index (χ4v) is 3.97. The van der Waals surface area contributed by atoms with E-state index in [1.54, 1.807) is 0 Å². The standard InChI is InChI=1S/C27H48O2/c1-7-27(5,6)19-15-11-9-13-17-24-22(20-23(28)21-25(24)29)16-12-8-10-14-18-26(2,3)4/h20-21,28-29H,7-19H2,1-6H3. The van der Waals surface area contributed by atoms with Crippen LogP contribution in [0.4, 0.5) is 0 Å². The van der Waals surface area contributed by atoms with Crippen molar-refractivity contribution in [1.29, 1.82) is 0 Å². The van der Waals surface area contributed by atoms with Crippen LogP contribution in [0.5, 0.6) is 11.5 Å². The summed E-state index contributed by atoms with van der Waals surface area (Å²) in [5.41, 5.74) is 3.10. The molecule has 2 heteroatoms. The summed E-state index contributed by atoms with van der Waals surface area (Å²) in [5, 5.41) is 20.3. The Labute approximate surface area is 181 Å². The molecule has 1 aromatic rings. The van der Waals surface area contributed by atoms with Crippen LogP contribution >= 0.6 is 0 Å². The van der Waals surface area contributed by atoms with Crippen molar-refractivity contribution in [2.24, 2.45) is 10.8 Å². The van der Waals surface area contributed by atoms with Gasteiger partial charge >= 0.3 is 0 Å². The molecule has 0 amide bonds. The van der Waals surface area contributed by atoms with Crippen LogP contribution < -0.4 is 0 Å². The maximum Gasteiger partial charge on any atom is 0.122 e. The summed E-state index contributed by atoms with van der Waals surface area (Å²) in [5.74, 6) is 0.468. The highest BCUT2D eigenvalue weighted by Gasteiger charge is 2.14. The van der Waals surface area contributed by atoms with Gasteiger partial charge in [0, 0.05) is 6.07 Å². The van der Waals surface area contributed by atoms with Crippen molar-refractivity contribution in [3.63, 3.8) is 0 Å². The van der Waals surface area contributed by atoms with E-state index in [0.29, 0.717) is 10.8 Å². The smallest absolute Gasteiger partial charge is 0.122 e. The number of benzene rings is 1. The normalized spacial score (nSPS) is 12.5. The van der Waals surface area contributed by atoms with Crippen molar-refractivity contribution in [1.82, 2.24) is 0 Å². The molecule has 0 spiro atoms. The maximum absolute atomic E-state index is 10.4. The van der Waals surface area contributed by atoms with Crippen molar-refractivity contribution < 1.29 is 10.2 Å². The third-order valence-corrected chi connectivity index (χ3v) is 6.41. The van der Waals surface area contributed by atoms with E-state index in [4.69, 9.17) is 0 Å². The van der Waals surface area contributed by atoms with Gasteiger partial charge in [-0.1, -0.05) is 86.5 Å². The molecule has 0 saturated carbocycles. The zero-order valence-electron chi connectivity index (χ0n) is 20.2. The van der Waals surface area contributed by atoms with Gasteiger partial charge in [-0.15, -0.1) is 0 Å². The quantitative estimate of drug-likeness (QED) is 0.305. The SMILES string of the molecule is CCC(C)(C)CCCCCCc1c(O)cc(O)cc1CCCCCCC(C)(C)C. The summed E-state index contributed by atoms with van der Waals surface area (Å²) < 4.78 is 0. The van der Waals surface area contributed by atoms with Gasteiger partial charge < -0.3 is 10.2 Å². The monoisotopic (exact) mass is 404 g/mol. The highest BCUT2D eigenvalue weighted by Crippen LogP contribution is 2.31. The summed E-state index contributed by atoms with van der Waals surface area (Å²) in [6.07, 6.45) is 15.5. The lowest BCUT2D eigenvalue weighted by atomic mass is 9.84. The molecule has 0 saturated heterocycles. The minimum atomic E-state index is 0.191. The Morgan fingerprint density at radius 3 is 1.83 bits per heavy atom. The molecule has 0 aromatic heterocycles. The third kappa shape index (κ3) is 11.6. The van der Waals surface area contributed by atoms with Crippen molar-refractivity contribution >= 4 is 0 Å². The number of rotatable bonds is 14. The Bertz CT molecular complexity index is 581. The molecule has 0 bridgehead atoms.